The summed E-state index contributed by atoms with van der Waals surface area (Å²) in [7, 11) is 0. The molecule has 31 heavy (non-hydrogen) atoms. The SMILES string of the molecule is O=C(NC[C@H](Cc1ccc(Br)cc1)C(=O)O)OCC1c2ccccc2-c2ccccc21. The van der Waals surface area contributed by atoms with Gasteiger partial charge in [-0.1, -0.05) is 76.6 Å². The number of carboxylic acids is 1. The summed E-state index contributed by atoms with van der Waals surface area (Å²) in [5.41, 5.74) is 5.48. The van der Waals surface area contributed by atoms with Crippen LogP contribution in [-0.4, -0.2) is 30.3 Å². The average molecular weight is 480 g/mol. The van der Waals surface area contributed by atoms with Gasteiger partial charge < -0.3 is 15.2 Å². The predicted molar refractivity (Wildman–Crippen MR) is 122 cm³/mol. The van der Waals surface area contributed by atoms with Gasteiger partial charge in [0.2, 0.25) is 0 Å². The number of halogens is 1. The summed E-state index contributed by atoms with van der Waals surface area (Å²) in [6, 6.07) is 23.7. The second kappa shape index (κ2) is 9.35. The molecule has 158 valence electrons. The third-order valence-electron chi connectivity index (χ3n) is 5.58. The van der Waals surface area contributed by atoms with Gasteiger partial charge in [0.15, 0.2) is 0 Å². The van der Waals surface area contributed by atoms with Crippen molar-refractivity contribution < 1.29 is 19.4 Å². The quantitative estimate of drug-likeness (QED) is 0.486. The van der Waals surface area contributed by atoms with Gasteiger partial charge in [-0.2, -0.15) is 0 Å². The highest BCUT2D eigenvalue weighted by atomic mass is 79.9. The first kappa shape index (κ1) is 21.1. The second-order valence-electron chi connectivity index (χ2n) is 7.57. The van der Waals surface area contributed by atoms with E-state index in [9.17, 15) is 14.7 Å². The molecule has 0 radical (unpaired) electrons. The molecule has 6 heteroatoms. The Morgan fingerprint density at radius 1 is 0.935 bits per heavy atom. The Kier molecular flexibility index (Phi) is 6.37. The predicted octanol–water partition coefficient (Wildman–Crippen LogP) is 5.23. The summed E-state index contributed by atoms with van der Waals surface area (Å²) >= 11 is 3.37. The molecule has 0 saturated heterocycles. The van der Waals surface area contributed by atoms with Gasteiger partial charge >= 0.3 is 12.1 Å². The maximum absolute atomic E-state index is 12.3. The summed E-state index contributed by atoms with van der Waals surface area (Å²) in [6.07, 6.45) is -0.282. The molecule has 0 heterocycles. The largest absolute Gasteiger partial charge is 0.481 e. The van der Waals surface area contributed by atoms with Crippen LogP contribution < -0.4 is 5.32 Å². The zero-order chi connectivity index (χ0) is 21.8. The smallest absolute Gasteiger partial charge is 0.407 e. The van der Waals surface area contributed by atoms with Gasteiger partial charge in [-0.15, -0.1) is 0 Å². The lowest BCUT2D eigenvalue weighted by Crippen LogP contribution is -2.35. The Hall–Kier alpha value is -3.12. The lowest BCUT2D eigenvalue weighted by Gasteiger charge is -2.16. The van der Waals surface area contributed by atoms with Crippen LogP contribution in [0, 0.1) is 5.92 Å². The zero-order valence-electron chi connectivity index (χ0n) is 16.8. The van der Waals surface area contributed by atoms with Crippen molar-refractivity contribution in [2.24, 2.45) is 5.92 Å². The fourth-order valence-corrected chi connectivity index (χ4v) is 4.27. The van der Waals surface area contributed by atoms with Crippen molar-refractivity contribution in [3.63, 3.8) is 0 Å². The minimum absolute atomic E-state index is 0.00205. The standard InChI is InChI=1S/C25H22BrNO4/c26-18-11-9-16(10-12-18)13-17(24(28)29)14-27-25(30)31-15-23-21-7-3-1-5-19(21)20-6-2-4-8-22(20)23/h1-12,17,23H,13-15H2,(H,27,30)(H,28,29)/t17-/m0/s1. The fraction of sp³-hybridized carbons (Fsp3) is 0.200. The van der Waals surface area contributed by atoms with E-state index in [4.69, 9.17) is 4.74 Å². The number of carbonyl (C=O) groups excluding carboxylic acids is 1. The number of amides is 1. The maximum Gasteiger partial charge on any atom is 0.407 e. The van der Waals surface area contributed by atoms with Gasteiger partial charge in [-0.05, 0) is 46.4 Å². The summed E-state index contributed by atoms with van der Waals surface area (Å²) < 4.78 is 6.42. The van der Waals surface area contributed by atoms with E-state index in [1.54, 1.807) is 0 Å². The number of hydrogen-bond donors (Lipinski definition) is 2. The summed E-state index contributed by atoms with van der Waals surface area (Å²) in [4.78, 5) is 23.9. The first-order valence-electron chi connectivity index (χ1n) is 10.1. The lowest BCUT2D eigenvalue weighted by atomic mass is 9.98. The van der Waals surface area contributed by atoms with E-state index in [2.05, 4.69) is 45.5 Å². The van der Waals surface area contributed by atoms with Gasteiger partial charge in [0, 0.05) is 16.9 Å². The number of carboxylic acid groups (broad SMARTS) is 1. The maximum atomic E-state index is 12.3. The van der Waals surface area contributed by atoms with E-state index in [1.165, 1.54) is 0 Å². The first-order chi connectivity index (χ1) is 15.0. The number of benzene rings is 3. The number of carbonyl (C=O) groups is 2. The van der Waals surface area contributed by atoms with Crippen molar-refractivity contribution in [1.82, 2.24) is 5.32 Å². The molecule has 1 aliphatic carbocycles. The molecule has 0 bridgehead atoms. The minimum atomic E-state index is -0.957. The van der Waals surface area contributed by atoms with Crippen LogP contribution in [0.5, 0.6) is 0 Å². The molecule has 1 atom stereocenters. The van der Waals surface area contributed by atoms with E-state index in [-0.39, 0.29) is 19.1 Å². The van der Waals surface area contributed by atoms with Gasteiger partial charge in [0.1, 0.15) is 6.61 Å². The molecular weight excluding hydrogens is 458 g/mol. The van der Waals surface area contributed by atoms with E-state index >= 15 is 0 Å². The van der Waals surface area contributed by atoms with Crippen LogP contribution in [0.4, 0.5) is 4.79 Å². The number of ether oxygens (including phenoxy) is 1. The van der Waals surface area contributed by atoms with E-state index in [1.807, 2.05) is 48.5 Å². The van der Waals surface area contributed by atoms with E-state index in [0.717, 1.165) is 32.3 Å². The molecule has 3 aromatic carbocycles. The number of alkyl carbamates (subject to hydrolysis) is 1. The van der Waals surface area contributed by atoms with Crippen LogP contribution >= 0.6 is 15.9 Å². The number of fused-ring (bicyclic) bond motifs is 3. The van der Waals surface area contributed by atoms with Gasteiger partial charge in [-0.25, -0.2) is 4.79 Å². The number of rotatable bonds is 7. The molecule has 0 saturated carbocycles. The van der Waals surface area contributed by atoms with Crippen molar-refractivity contribution >= 4 is 28.0 Å². The molecule has 0 aromatic heterocycles. The molecule has 1 amide bonds. The Morgan fingerprint density at radius 2 is 1.52 bits per heavy atom. The van der Waals surface area contributed by atoms with E-state index < -0.39 is 18.0 Å². The van der Waals surface area contributed by atoms with Crippen LogP contribution in [0.3, 0.4) is 0 Å². The van der Waals surface area contributed by atoms with Gasteiger partial charge in [-0.3, -0.25) is 4.79 Å². The molecule has 4 rings (SSSR count). The number of nitrogens with one attached hydrogen (secondary N) is 1. The van der Waals surface area contributed by atoms with Crippen molar-refractivity contribution in [1.29, 1.82) is 0 Å². The van der Waals surface area contributed by atoms with Crippen molar-refractivity contribution in [3.05, 3.63) is 94.0 Å². The zero-order valence-corrected chi connectivity index (χ0v) is 18.3. The molecule has 2 N–H and O–H groups in total. The molecule has 0 unspecified atom stereocenters. The summed E-state index contributed by atoms with van der Waals surface area (Å²) in [6.45, 7) is 0.201. The molecule has 0 fully saturated rings. The topological polar surface area (TPSA) is 75.6 Å². The molecule has 5 nitrogen and oxygen atoms in total. The van der Waals surface area contributed by atoms with Crippen LogP contribution in [0.25, 0.3) is 11.1 Å². The fourth-order valence-electron chi connectivity index (χ4n) is 4.01. The Bertz CT molecular complexity index is 1050. The Balaban J connectivity index is 1.36. The number of aliphatic carboxylic acids is 1. The second-order valence-corrected chi connectivity index (χ2v) is 8.49. The summed E-state index contributed by atoms with van der Waals surface area (Å²) in [5, 5.41) is 12.1. The molecule has 1 aliphatic rings. The van der Waals surface area contributed by atoms with Crippen molar-refractivity contribution in [2.75, 3.05) is 13.2 Å². The number of hydrogen-bond acceptors (Lipinski definition) is 3. The molecule has 3 aromatic rings. The van der Waals surface area contributed by atoms with Gasteiger partial charge in [0.05, 0.1) is 5.92 Å². The third-order valence-corrected chi connectivity index (χ3v) is 6.11. The Labute approximate surface area is 189 Å². The molecule has 0 aliphatic heterocycles. The van der Waals surface area contributed by atoms with Crippen LogP contribution in [-0.2, 0) is 16.0 Å². The lowest BCUT2D eigenvalue weighted by molar-refractivity contribution is -0.141. The van der Waals surface area contributed by atoms with Crippen molar-refractivity contribution in [2.45, 2.75) is 12.3 Å². The van der Waals surface area contributed by atoms with Crippen molar-refractivity contribution in [3.8, 4) is 11.1 Å². The molecular formula is C25H22BrNO4. The highest BCUT2D eigenvalue weighted by Crippen LogP contribution is 2.44. The Morgan fingerprint density at radius 3 is 2.10 bits per heavy atom. The van der Waals surface area contributed by atoms with Crippen LogP contribution in [0.1, 0.15) is 22.6 Å². The first-order valence-corrected chi connectivity index (χ1v) is 10.9. The minimum Gasteiger partial charge on any atom is -0.481 e. The van der Waals surface area contributed by atoms with Crippen LogP contribution in [0.15, 0.2) is 77.3 Å². The molecule has 0 spiro atoms. The summed E-state index contributed by atoms with van der Waals surface area (Å²) in [5.74, 6) is -1.72. The average Bonchev–Trinajstić information content (AvgIpc) is 3.10. The third kappa shape index (κ3) is 4.80. The van der Waals surface area contributed by atoms with E-state index in [0.29, 0.717) is 6.42 Å². The van der Waals surface area contributed by atoms with Gasteiger partial charge in [0.25, 0.3) is 0 Å². The highest BCUT2D eigenvalue weighted by Gasteiger charge is 2.29. The monoisotopic (exact) mass is 479 g/mol. The van der Waals surface area contributed by atoms with Crippen LogP contribution in [0.2, 0.25) is 0 Å². The normalized spacial score (nSPS) is 13.2. The highest BCUT2D eigenvalue weighted by molar-refractivity contribution is 9.10.